The molecule has 6 nitrogen and oxygen atoms in total. The van der Waals surface area contributed by atoms with Crippen LogP contribution in [0.4, 0.5) is 5.95 Å². The molecule has 0 amide bonds. The molecule has 0 fully saturated rings. The van der Waals surface area contributed by atoms with E-state index in [0.717, 1.165) is 25.1 Å². The highest BCUT2D eigenvalue weighted by molar-refractivity contribution is 5.71. The summed E-state index contributed by atoms with van der Waals surface area (Å²) < 4.78 is 0. The molecule has 6 heteroatoms. The molecule has 1 aromatic rings. The van der Waals surface area contributed by atoms with Crippen molar-refractivity contribution in [1.29, 1.82) is 0 Å². The first-order chi connectivity index (χ1) is 9.69. The van der Waals surface area contributed by atoms with E-state index in [1.807, 2.05) is 0 Å². The lowest BCUT2D eigenvalue weighted by Crippen LogP contribution is -2.29. The van der Waals surface area contributed by atoms with E-state index in [1.165, 1.54) is 6.42 Å². The first-order valence-electron chi connectivity index (χ1n) is 6.86. The third-order valence-electron chi connectivity index (χ3n) is 3.24. The van der Waals surface area contributed by atoms with Crippen LogP contribution in [0.25, 0.3) is 0 Å². The van der Waals surface area contributed by atoms with Crippen molar-refractivity contribution in [1.82, 2.24) is 14.9 Å². The Kier molecular flexibility index (Phi) is 5.06. The predicted octanol–water partition coefficient (Wildman–Crippen LogP) is 1.51. The van der Waals surface area contributed by atoms with E-state index in [0.29, 0.717) is 12.0 Å². The van der Waals surface area contributed by atoms with E-state index < -0.39 is 5.97 Å². The van der Waals surface area contributed by atoms with Crippen LogP contribution in [0, 0.1) is 0 Å². The Hall–Kier alpha value is -1.95. The van der Waals surface area contributed by atoms with Gasteiger partial charge < -0.3 is 10.4 Å². The Labute approximate surface area is 118 Å². The number of carboxylic acids is 1. The molecule has 1 aliphatic rings. The Morgan fingerprint density at radius 2 is 2.25 bits per heavy atom. The minimum Gasteiger partial charge on any atom is -0.480 e. The first kappa shape index (κ1) is 14.5. The van der Waals surface area contributed by atoms with Crippen LogP contribution in [0.3, 0.4) is 0 Å². The maximum atomic E-state index is 10.4. The number of anilines is 1. The second-order valence-electron chi connectivity index (χ2n) is 4.88. The van der Waals surface area contributed by atoms with Crippen LogP contribution in [0.15, 0.2) is 24.5 Å². The highest BCUT2D eigenvalue weighted by atomic mass is 16.4. The maximum absolute atomic E-state index is 10.4. The Balaban J connectivity index is 1.88. The minimum atomic E-state index is -0.928. The molecule has 0 unspecified atom stereocenters. The number of rotatable bonds is 7. The lowest BCUT2D eigenvalue weighted by molar-refractivity contribution is -0.134. The van der Waals surface area contributed by atoms with Crippen LogP contribution in [0.1, 0.15) is 25.3 Å². The van der Waals surface area contributed by atoms with Crippen LogP contribution in [0.2, 0.25) is 0 Å². The van der Waals surface area contributed by atoms with E-state index in [9.17, 15) is 4.79 Å². The normalized spacial score (nSPS) is 18.4. The summed E-state index contributed by atoms with van der Waals surface area (Å²) in [7, 11) is 0. The number of nitrogens with one attached hydrogen (secondary N) is 1. The lowest BCUT2D eigenvalue weighted by Gasteiger charge is -2.23. The first-order valence-corrected chi connectivity index (χ1v) is 6.86. The minimum absolute atomic E-state index is 0.173. The molecule has 1 aliphatic heterocycles. The van der Waals surface area contributed by atoms with Crippen molar-refractivity contribution in [2.75, 3.05) is 18.4 Å². The van der Waals surface area contributed by atoms with Crippen LogP contribution < -0.4 is 5.32 Å². The molecule has 0 radical (unpaired) electrons. The van der Waals surface area contributed by atoms with E-state index in [1.54, 1.807) is 12.4 Å². The van der Waals surface area contributed by atoms with Gasteiger partial charge >= 0.3 is 5.97 Å². The molecule has 0 saturated carbocycles. The summed E-state index contributed by atoms with van der Waals surface area (Å²) in [6, 6.07) is 0.504. The van der Waals surface area contributed by atoms with Gasteiger partial charge in [-0.25, -0.2) is 9.97 Å². The number of carbonyl (C=O) groups is 1. The van der Waals surface area contributed by atoms with Crippen molar-refractivity contribution >= 4 is 11.9 Å². The fraction of sp³-hybridized carbons (Fsp3) is 0.500. The van der Waals surface area contributed by atoms with Gasteiger partial charge in [0.2, 0.25) is 5.95 Å². The zero-order valence-corrected chi connectivity index (χ0v) is 11.6. The molecule has 2 rings (SSSR count). The van der Waals surface area contributed by atoms with Crippen LogP contribution in [-0.2, 0) is 11.3 Å². The Morgan fingerprint density at radius 3 is 2.90 bits per heavy atom. The Morgan fingerprint density at radius 1 is 1.50 bits per heavy atom. The van der Waals surface area contributed by atoms with Crippen molar-refractivity contribution in [2.24, 2.45) is 0 Å². The molecule has 0 spiro atoms. The summed E-state index contributed by atoms with van der Waals surface area (Å²) in [5.41, 5.74) is 1.04. The average molecular weight is 276 g/mol. The quantitative estimate of drug-likeness (QED) is 0.735. The second-order valence-corrected chi connectivity index (χ2v) is 4.88. The highest BCUT2D eigenvalue weighted by Gasteiger charge is 2.18. The van der Waals surface area contributed by atoms with Gasteiger partial charge in [-0.2, -0.15) is 0 Å². The molecular formula is C14H20N4O2. The fourth-order valence-electron chi connectivity index (χ4n) is 2.28. The second kappa shape index (κ2) is 7.00. The van der Waals surface area contributed by atoms with E-state index >= 15 is 0 Å². The molecule has 0 bridgehead atoms. The third-order valence-corrected chi connectivity index (χ3v) is 3.24. The summed E-state index contributed by atoms with van der Waals surface area (Å²) in [6.45, 7) is 3.80. The van der Waals surface area contributed by atoms with Gasteiger partial charge in [0.25, 0.3) is 0 Å². The largest absolute Gasteiger partial charge is 0.480 e. The van der Waals surface area contributed by atoms with Gasteiger partial charge in [0.15, 0.2) is 0 Å². The van der Waals surface area contributed by atoms with Gasteiger partial charge in [-0.15, -0.1) is 0 Å². The van der Waals surface area contributed by atoms with E-state index in [4.69, 9.17) is 5.11 Å². The van der Waals surface area contributed by atoms with Gasteiger partial charge in [0.1, 0.15) is 6.54 Å². The number of aliphatic carboxylic acids is 1. The van der Waals surface area contributed by atoms with E-state index in [2.05, 4.69) is 39.3 Å². The van der Waals surface area contributed by atoms with Crippen molar-refractivity contribution in [3.63, 3.8) is 0 Å². The van der Waals surface area contributed by atoms with Crippen molar-refractivity contribution in [3.8, 4) is 0 Å². The molecule has 20 heavy (non-hydrogen) atoms. The number of aromatic nitrogens is 2. The molecular weight excluding hydrogens is 256 g/mol. The van der Waals surface area contributed by atoms with Gasteiger partial charge in [-0.1, -0.05) is 25.5 Å². The highest BCUT2D eigenvalue weighted by Crippen LogP contribution is 2.17. The molecule has 1 aromatic heterocycles. The average Bonchev–Trinajstić information content (AvgIpc) is 2.86. The number of hydrogen-bond donors (Lipinski definition) is 2. The molecule has 0 aliphatic carbocycles. The van der Waals surface area contributed by atoms with Gasteiger partial charge in [0.05, 0.1) is 0 Å². The van der Waals surface area contributed by atoms with Crippen molar-refractivity contribution in [2.45, 2.75) is 32.4 Å². The molecule has 2 N–H and O–H groups in total. The summed E-state index contributed by atoms with van der Waals surface area (Å²) >= 11 is 0. The van der Waals surface area contributed by atoms with Gasteiger partial charge in [-0.3, -0.25) is 9.69 Å². The maximum Gasteiger partial charge on any atom is 0.322 e. The lowest BCUT2D eigenvalue weighted by atomic mass is 10.1. The molecule has 1 atom stereocenters. The van der Waals surface area contributed by atoms with Gasteiger partial charge in [0, 0.05) is 37.1 Å². The zero-order valence-electron chi connectivity index (χ0n) is 11.6. The summed E-state index contributed by atoms with van der Waals surface area (Å²) in [5.74, 6) is -0.580. The standard InChI is InChI=1S/C14H20N4O2/c1-2-4-12-5-3-6-18(12)10-11-7-15-14(16-8-11)17-9-13(19)20/h3,5,7-8,12H,2,4,6,9-10H2,1H3,(H,19,20)(H,15,16,17)/t12-/m1/s1. The van der Waals surface area contributed by atoms with Crippen molar-refractivity contribution < 1.29 is 9.90 Å². The van der Waals surface area contributed by atoms with Crippen LogP contribution >= 0.6 is 0 Å². The number of nitrogens with zero attached hydrogens (tertiary/aromatic N) is 3. The summed E-state index contributed by atoms with van der Waals surface area (Å²) in [5, 5.41) is 11.2. The molecule has 108 valence electrons. The van der Waals surface area contributed by atoms with Crippen molar-refractivity contribution in [3.05, 3.63) is 30.1 Å². The Bertz CT molecular complexity index is 473. The zero-order chi connectivity index (χ0) is 14.4. The number of carboxylic acid groups (broad SMARTS) is 1. The molecule has 0 saturated heterocycles. The summed E-state index contributed by atoms with van der Waals surface area (Å²) in [4.78, 5) is 21.1. The van der Waals surface area contributed by atoms with E-state index in [-0.39, 0.29) is 6.54 Å². The topological polar surface area (TPSA) is 78.4 Å². The molecule has 2 heterocycles. The summed E-state index contributed by atoms with van der Waals surface area (Å²) in [6.07, 6.45) is 10.3. The van der Waals surface area contributed by atoms with Crippen LogP contribution in [0.5, 0.6) is 0 Å². The van der Waals surface area contributed by atoms with Gasteiger partial charge in [-0.05, 0) is 6.42 Å². The SMILES string of the molecule is CCC[C@@H]1C=CCN1Cc1cnc(NCC(=O)O)nc1. The third kappa shape index (κ3) is 4.03. The smallest absolute Gasteiger partial charge is 0.322 e. The predicted molar refractivity (Wildman–Crippen MR) is 76.4 cm³/mol. The monoisotopic (exact) mass is 276 g/mol. The molecule has 0 aromatic carbocycles. The number of hydrogen-bond acceptors (Lipinski definition) is 5. The van der Waals surface area contributed by atoms with Crippen LogP contribution in [-0.4, -0.2) is 45.1 Å². The fourth-order valence-corrected chi connectivity index (χ4v) is 2.28.